The minimum absolute atomic E-state index is 0.0169. The van der Waals surface area contributed by atoms with Crippen LogP contribution in [0.25, 0.3) is 0 Å². The van der Waals surface area contributed by atoms with Gasteiger partial charge in [-0.15, -0.1) is 0 Å². The smallest absolute Gasteiger partial charge is 0.0728 e. The molecule has 0 radical (unpaired) electrons. The van der Waals surface area contributed by atoms with Crippen molar-refractivity contribution in [2.75, 3.05) is 33.0 Å². The van der Waals surface area contributed by atoms with Crippen molar-refractivity contribution in [1.82, 2.24) is 0 Å². The summed E-state index contributed by atoms with van der Waals surface area (Å²) in [5.41, 5.74) is 8.03. The molecule has 0 spiro atoms. The van der Waals surface area contributed by atoms with Crippen LogP contribution in [0.5, 0.6) is 0 Å². The van der Waals surface area contributed by atoms with E-state index in [1.165, 1.54) is 43.2 Å². The molecular weight excluding hydrogens is 609 g/mol. The Bertz CT molecular complexity index is 1140. The maximum Gasteiger partial charge on any atom is 0.0728 e. The number of hydrogen-bond donors (Lipinski definition) is 1. The maximum atomic E-state index is 9.84. The molecule has 0 saturated heterocycles. The molecule has 0 aliphatic heterocycles. The lowest BCUT2D eigenvalue weighted by atomic mass is 9.83. The molecule has 0 aromatic heterocycles. The fourth-order valence-corrected chi connectivity index (χ4v) is 8.01. The van der Waals surface area contributed by atoms with Crippen LogP contribution in [0.1, 0.15) is 129 Å². The second kappa shape index (κ2) is 19.8. The van der Waals surface area contributed by atoms with Gasteiger partial charge in [0, 0.05) is 42.8 Å². The monoisotopic (exact) mass is 674 g/mol. The molecule has 1 atom stereocenters. The molecule has 4 nitrogen and oxygen atoms in total. The third-order valence-electron chi connectivity index (χ3n) is 8.00. The van der Waals surface area contributed by atoms with E-state index in [1.807, 2.05) is 21.6 Å². The first-order valence-corrected chi connectivity index (χ1v) is 19.7. The Morgan fingerprint density at radius 2 is 1.09 bits per heavy atom. The van der Waals surface area contributed by atoms with Crippen molar-refractivity contribution in [3.05, 3.63) is 57.6 Å². The molecule has 0 heterocycles. The molecule has 0 aliphatic rings. The van der Waals surface area contributed by atoms with Gasteiger partial charge in [0.25, 0.3) is 0 Å². The zero-order valence-electron chi connectivity index (χ0n) is 31.3. The lowest BCUT2D eigenvalue weighted by Gasteiger charge is -2.26. The summed E-state index contributed by atoms with van der Waals surface area (Å²) in [6.07, 6.45) is 3.89. The number of aryl methyl sites for hydroxylation is 2. The number of aliphatic hydroxyl groups is 1. The summed E-state index contributed by atoms with van der Waals surface area (Å²) in [6, 6.07) is 9.60. The molecule has 0 fully saturated rings. The van der Waals surface area contributed by atoms with Gasteiger partial charge < -0.3 is 19.3 Å². The summed E-state index contributed by atoms with van der Waals surface area (Å²) in [5.74, 6) is 1.23. The van der Waals surface area contributed by atoms with Crippen LogP contribution in [0.15, 0.2) is 34.1 Å². The zero-order valence-corrected chi connectivity index (χ0v) is 32.9. The van der Waals surface area contributed by atoms with Crippen molar-refractivity contribution < 1.29 is 19.3 Å². The number of aliphatic hydroxyl groups excluding tert-OH is 1. The molecule has 0 saturated carbocycles. The van der Waals surface area contributed by atoms with Crippen LogP contribution < -0.4 is 0 Å². The van der Waals surface area contributed by atoms with Gasteiger partial charge in [-0.1, -0.05) is 122 Å². The molecular formula is C40H66O4S2. The highest BCUT2D eigenvalue weighted by Crippen LogP contribution is 2.47. The zero-order chi connectivity index (χ0) is 34.5. The van der Waals surface area contributed by atoms with Crippen LogP contribution in [-0.4, -0.2) is 38.1 Å². The van der Waals surface area contributed by atoms with Gasteiger partial charge in [-0.05, 0) is 94.6 Å². The normalized spacial score (nSPS) is 13.3. The van der Waals surface area contributed by atoms with Gasteiger partial charge in [0.05, 0.1) is 13.2 Å². The lowest BCUT2D eigenvalue weighted by Crippen LogP contribution is -2.14. The summed E-state index contributed by atoms with van der Waals surface area (Å²) < 4.78 is 18.3. The van der Waals surface area contributed by atoms with E-state index in [0.717, 1.165) is 52.1 Å². The van der Waals surface area contributed by atoms with Crippen molar-refractivity contribution in [3.63, 3.8) is 0 Å². The van der Waals surface area contributed by atoms with E-state index >= 15 is 0 Å². The number of ether oxygens (including phenoxy) is 3. The van der Waals surface area contributed by atoms with Crippen LogP contribution >= 0.6 is 21.6 Å². The van der Waals surface area contributed by atoms with E-state index in [2.05, 4.69) is 107 Å². The molecule has 262 valence electrons. The minimum atomic E-state index is 0.0169. The quantitative estimate of drug-likeness (QED) is 0.111. The highest BCUT2D eigenvalue weighted by atomic mass is 33.1. The Balaban J connectivity index is 2.66. The standard InChI is InChI=1S/C40H66O4S2/c1-13-42-18-14-15-31-19-35(39(7,8)9)20-32(17-16-30(6)23-41)37(31)45-46-38-33(26-43-24-28(2)3)21-36(40(10,11)12)22-34(38)27-44-25-29(4)5/h19-22,28-30,41H,13-18,23-27H2,1-12H3. The van der Waals surface area contributed by atoms with Gasteiger partial charge in [-0.25, -0.2) is 0 Å². The summed E-state index contributed by atoms with van der Waals surface area (Å²) in [7, 11) is 3.76. The molecule has 2 aromatic carbocycles. The molecule has 46 heavy (non-hydrogen) atoms. The van der Waals surface area contributed by atoms with Crippen LogP contribution in [0, 0.1) is 17.8 Å². The molecule has 2 rings (SSSR count). The minimum Gasteiger partial charge on any atom is -0.396 e. The van der Waals surface area contributed by atoms with Crippen molar-refractivity contribution >= 4 is 21.6 Å². The molecule has 0 bridgehead atoms. The van der Waals surface area contributed by atoms with E-state index in [0.29, 0.717) is 25.0 Å². The first-order chi connectivity index (χ1) is 21.6. The van der Waals surface area contributed by atoms with E-state index in [9.17, 15) is 5.11 Å². The van der Waals surface area contributed by atoms with Crippen molar-refractivity contribution in [2.24, 2.45) is 17.8 Å². The Morgan fingerprint density at radius 3 is 1.50 bits per heavy atom. The molecule has 1 N–H and O–H groups in total. The molecule has 0 aliphatic carbocycles. The fourth-order valence-electron chi connectivity index (χ4n) is 5.07. The molecule has 2 aromatic rings. The van der Waals surface area contributed by atoms with Gasteiger partial charge in [-0.3, -0.25) is 0 Å². The Morgan fingerprint density at radius 1 is 0.652 bits per heavy atom. The number of rotatable bonds is 20. The van der Waals surface area contributed by atoms with Crippen LogP contribution in [0.4, 0.5) is 0 Å². The van der Waals surface area contributed by atoms with Crippen LogP contribution in [0.2, 0.25) is 0 Å². The van der Waals surface area contributed by atoms with E-state index in [1.54, 1.807) is 0 Å². The fraction of sp³-hybridized carbons (Fsp3) is 0.700. The predicted molar refractivity (Wildman–Crippen MR) is 200 cm³/mol. The highest BCUT2D eigenvalue weighted by Gasteiger charge is 2.23. The summed E-state index contributed by atoms with van der Waals surface area (Å²) in [6.45, 7) is 31.2. The third-order valence-corrected chi connectivity index (χ3v) is 10.7. The van der Waals surface area contributed by atoms with Crippen LogP contribution in [-0.2, 0) is 51.1 Å². The average molecular weight is 675 g/mol. The Kier molecular flexibility index (Phi) is 17.8. The second-order valence-corrected chi connectivity index (χ2v) is 18.0. The highest BCUT2D eigenvalue weighted by molar-refractivity contribution is 8.76. The van der Waals surface area contributed by atoms with Crippen molar-refractivity contribution in [2.45, 2.75) is 143 Å². The van der Waals surface area contributed by atoms with Crippen molar-refractivity contribution in [3.8, 4) is 0 Å². The lowest BCUT2D eigenvalue weighted by molar-refractivity contribution is 0.0907. The van der Waals surface area contributed by atoms with Crippen molar-refractivity contribution in [1.29, 1.82) is 0 Å². The van der Waals surface area contributed by atoms with Gasteiger partial charge in [0.15, 0.2) is 0 Å². The van der Waals surface area contributed by atoms with E-state index in [-0.39, 0.29) is 23.4 Å². The summed E-state index contributed by atoms with van der Waals surface area (Å²) >= 11 is 0. The van der Waals surface area contributed by atoms with Gasteiger partial charge in [0.1, 0.15) is 0 Å². The van der Waals surface area contributed by atoms with E-state index < -0.39 is 0 Å². The first kappa shape index (κ1) is 41.2. The topological polar surface area (TPSA) is 47.9 Å². The third kappa shape index (κ3) is 14.2. The van der Waals surface area contributed by atoms with Gasteiger partial charge in [0.2, 0.25) is 0 Å². The average Bonchev–Trinajstić information content (AvgIpc) is 2.96. The van der Waals surface area contributed by atoms with Gasteiger partial charge >= 0.3 is 0 Å². The first-order valence-electron chi connectivity index (χ1n) is 17.6. The number of hydrogen-bond acceptors (Lipinski definition) is 6. The maximum absolute atomic E-state index is 9.84. The molecule has 1 unspecified atom stereocenters. The SMILES string of the molecule is CCOCCCc1cc(C(C)(C)C)cc(CCC(C)CO)c1SSc1c(COCC(C)C)cc(C(C)(C)C)cc1COCC(C)C. The van der Waals surface area contributed by atoms with Gasteiger partial charge in [-0.2, -0.15) is 0 Å². The summed E-state index contributed by atoms with van der Waals surface area (Å²) in [4.78, 5) is 2.63. The number of benzene rings is 2. The second-order valence-electron chi connectivity index (χ2n) is 15.9. The predicted octanol–water partition coefficient (Wildman–Crippen LogP) is 11.0. The Hall–Kier alpha value is -1.02. The van der Waals surface area contributed by atoms with E-state index in [4.69, 9.17) is 14.2 Å². The molecule has 0 amide bonds. The van der Waals surface area contributed by atoms with Crippen LogP contribution in [0.3, 0.4) is 0 Å². The summed E-state index contributed by atoms with van der Waals surface area (Å²) in [5, 5.41) is 9.84. The Labute approximate surface area is 290 Å². The largest absolute Gasteiger partial charge is 0.396 e. The molecule has 6 heteroatoms.